The van der Waals surface area contributed by atoms with Gasteiger partial charge >= 0.3 is 0 Å². The van der Waals surface area contributed by atoms with Crippen molar-refractivity contribution in [1.82, 2.24) is 19.1 Å². The molecular formula is C59H42N4. The molecule has 0 aliphatic rings. The molecule has 0 atom stereocenters. The SMILES string of the molecule is C=Cc1c(/C=C\C)n(-c2ccc(-c3cc(-c4ccccc4)cc(-c4cc(-c5ccccc5)cc(-c5ccc(-n6c7ccccc7c7ccccc76)cc5)n4)n3)cc2)c2ccccc12. The molecule has 0 bridgehead atoms. The summed E-state index contributed by atoms with van der Waals surface area (Å²) in [4.78, 5) is 10.8. The van der Waals surface area contributed by atoms with E-state index in [1.165, 1.54) is 27.2 Å². The maximum absolute atomic E-state index is 5.39. The van der Waals surface area contributed by atoms with E-state index in [4.69, 9.17) is 9.97 Å². The number of rotatable bonds is 9. The van der Waals surface area contributed by atoms with Crippen LogP contribution in [-0.2, 0) is 0 Å². The van der Waals surface area contributed by atoms with Crippen LogP contribution in [0.4, 0.5) is 0 Å². The number of fused-ring (bicyclic) bond motifs is 4. The second-order valence-corrected chi connectivity index (χ2v) is 15.8. The lowest BCUT2D eigenvalue weighted by Gasteiger charge is -2.14. The van der Waals surface area contributed by atoms with Crippen LogP contribution in [0.5, 0.6) is 0 Å². The lowest BCUT2D eigenvalue weighted by Crippen LogP contribution is -1.98. The Bertz CT molecular complexity index is 3450. The molecule has 4 aromatic heterocycles. The second kappa shape index (κ2) is 15.9. The van der Waals surface area contributed by atoms with Crippen molar-refractivity contribution in [2.75, 3.05) is 0 Å². The highest BCUT2D eigenvalue weighted by Crippen LogP contribution is 2.37. The van der Waals surface area contributed by atoms with Gasteiger partial charge in [0.05, 0.1) is 45.0 Å². The Kier molecular flexibility index (Phi) is 9.52. The number of pyridine rings is 2. The van der Waals surface area contributed by atoms with Gasteiger partial charge in [0.25, 0.3) is 0 Å². The molecule has 0 saturated carbocycles. The number of hydrogen-bond donors (Lipinski definition) is 0. The fraction of sp³-hybridized carbons (Fsp3) is 0.0169. The summed E-state index contributed by atoms with van der Waals surface area (Å²) in [7, 11) is 0. The van der Waals surface area contributed by atoms with E-state index in [-0.39, 0.29) is 0 Å². The molecule has 4 heteroatoms. The molecule has 0 spiro atoms. The maximum atomic E-state index is 5.39. The molecule has 11 rings (SSSR count). The highest BCUT2D eigenvalue weighted by atomic mass is 15.0. The Morgan fingerprint density at radius 1 is 0.381 bits per heavy atom. The van der Waals surface area contributed by atoms with Crippen molar-refractivity contribution in [3.8, 4) is 67.5 Å². The maximum Gasteiger partial charge on any atom is 0.0900 e. The summed E-state index contributed by atoms with van der Waals surface area (Å²) in [6.45, 7) is 6.22. The third kappa shape index (κ3) is 6.75. The molecule has 7 aromatic carbocycles. The average molecular weight is 807 g/mol. The van der Waals surface area contributed by atoms with Gasteiger partial charge in [0.15, 0.2) is 0 Å². The van der Waals surface area contributed by atoms with Crippen LogP contribution >= 0.6 is 0 Å². The lowest BCUT2D eigenvalue weighted by molar-refractivity contribution is 1.10. The predicted octanol–water partition coefficient (Wildman–Crippen LogP) is 15.5. The van der Waals surface area contributed by atoms with E-state index < -0.39 is 0 Å². The Hall–Kier alpha value is -8.34. The topological polar surface area (TPSA) is 35.6 Å². The summed E-state index contributed by atoms with van der Waals surface area (Å²) >= 11 is 0. The Morgan fingerprint density at radius 2 is 0.778 bits per heavy atom. The van der Waals surface area contributed by atoms with Crippen molar-refractivity contribution < 1.29 is 0 Å². The number of nitrogens with zero attached hydrogens (tertiary/aromatic N) is 4. The zero-order valence-corrected chi connectivity index (χ0v) is 34.9. The van der Waals surface area contributed by atoms with Gasteiger partial charge in [0, 0.05) is 44.2 Å². The van der Waals surface area contributed by atoms with E-state index in [1.54, 1.807) is 0 Å². The minimum absolute atomic E-state index is 0.804. The van der Waals surface area contributed by atoms with E-state index in [0.29, 0.717) is 0 Å². The highest BCUT2D eigenvalue weighted by molar-refractivity contribution is 6.09. The normalized spacial score (nSPS) is 11.6. The minimum Gasteiger partial charge on any atom is -0.309 e. The van der Waals surface area contributed by atoms with E-state index in [2.05, 4.69) is 241 Å². The average Bonchev–Trinajstić information content (AvgIpc) is 3.86. The summed E-state index contributed by atoms with van der Waals surface area (Å²) in [5.74, 6) is 0. The lowest BCUT2D eigenvalue weighted by atomic mass is 9.98. The number of allylic oxidation sites excluding steroid dienone is 1. The monoisotopic (exact) mass is 806 g/mol. The van der Waals surface area contributed by atoms with Gasteiger partial charge in [-0.05, 0) is 102 Å². The summed E-state index contributed by atoms with van der Waals surface area (Å²) in [5, 5.41) is 3.67. The van der Waals surface area contributed by atoms with E-state index in [1.807, 2.05) is 6.08 Å². The van der Waals surface area contributed by atoms with Crippen LogP contribution in [0, 0.1) is 0 Å². The summed E-state index contributed by atoms with van der Waals surface area (Å²) in [5.41, 5.74) is 17.7. The van der Waals surface area contributed by atoms with Crippen molar-refractivity contribution in [2.24, 2.45) is 0 Å². The van der Waals surface area contributed by atoms with Crippen LogP contribution in [0.1, 0.15) is 18.2 Å². The molecule has 0 saturated heterocycles. The van der Waals surface area contributed by atoms with Crippen LogP contribution in [0.3, 0.4) is 0 Å². The molecule has 4 nitrogen and oxygen atoms in total. The smallest absolute Gasteiger partial charge is 0.0900 e. The zero-order valence-electron chi connectivity index (χ0n) is 34.9. The Balaban J connectivity index is 1.04. The van der Waals surface area contributed by atoms with Gasteiger partial charge in [-0.1, -0.05) is 158 Å². The van der Waals surface area contributed by atoms with Crippen molar-refractivity contribution in [3.63, 3.8) is 0 Å². The first kappa shape index (κ1) is 37.6. The molecule has 0 N–H and O–H groups in total. The van der Waals surface area contributed by atoms with Gasteiger partial charge < -0.3 is 9.13 Å². The minimum atomic E-state index is 0.804. The summed E-state index contributed by atoms with van der Waals surface area (Å²) < 4.78 is 4.66. The molecule has 0 unspecified atom stereocenters. The number of aromatic nitrogens is 4. The standard InChI is InChI=1S/C59H42N4/c1-3-17-56-48(4-2)49-22-11-14-25-57(49)62(56)46-32-28-42(29-33-46)52-36-44(40-18-7-5-8-19-40)38-54(60-52)55-39-45(41-20-9-6-10-21-41)37-53(61-55)43-30-34-47(35-31-43)63-58-26-15-12-23-50(58)51-24-13-16-27-59(51)63/h3-39H,2H2,1H3/b17-3-. The first-order valence-corrected chi connectivity index (χ1v) is 21.4. The molecule has 4 heterocycles. The third-order valence-corrected chi connectivity index (χ3v) is 12.0. The summed E-state index contributed by atoms with van der Waals surface area (Å²) in [6, 6.07) is 73.1. The van der Waals surface area contributed by atoms with Crippen LogP contribution in [-0.4, -0.2) is 19.1 Å². The Labute approximate surface area is 367 Å². The van der Waals surface area contributed by atoms with Crippen molar-refractivity contribution in [2.45, 2.75) is 6.92 Å². The summed E-state index contributed by atoms with van der Waals surface area (Å²) in [6.07, 6.45) is 6.20. The van der Waals surface area contributed by atoms with Crippen LogP contribution < -0.4 is 0 Å². The van der Waals surface area contributed by atoms with Crippen LogP contribution in [0.25, 0.3) is 112 Å². The van der Waals surface area contributed by atoms with Crippen molar-refractivity contribution >= 4 is 44.9 Å². The second-order valence-electron chi connectivity index (χ2n) is 15.8. The third-order valence-electron chi connectivity index (χ3n) is 12.0. The predicted molar refractivity (Wildman–Crippen MR) is 265 cm³/mol. The Morgan fingerprint density at radius 3 is 1.24 bits per heavy atom. The van der Waals surface area contributed by atoms with Crippen LogP contribution in [0.15, 0.2) is 219 Å². The van der Waals surface area contributed by atoms with Gasteiger partial charge in [-0.3, -0.25) is 0 Å². The molecule has 0 amide bonds. The number of hydrogen-bond acceptors (Lipinski definition) is 2. The van der Waals surface area contributed by atoms with Gasteiger partial charge in [-0.25, -0.2) is 9.97 Å². The number of para-hydroxylation sites is 3. The van der Waals surface area contributed by atoms with Gasteiger partial charge in [-0.2, -0.15) is 0 Å². The van der Waals surface area contributed by atoms with Gasteiger partial charge in [-0.15, -0.1) is 0 Å². The van der Waals surface area contributed by atoms with E-state index >= 15 is 0 Å². The molecule has 0 aliphatic carbocycles. The van der Waals surface area contributed by atoms with Crippen LogP contribution in [0.2, 0.25) is 0 Å². The number of benzene rings is 7. The zero-order chi connectivity index (χ0) is 42.3. The van der Waals surface area contributed by atoms with Gasteiger partial charge in [0.2, 0.25) is 0 Å². The van der Waals surface area contributed by atoms with Crippen molar-refractivity contribution in [3.05, 3.63) is 230 Å². The molecule has 0 aliphatic heterocycles. The van der Waals surface area contributed by atoms with Crippen molar-refractivity contribution in [1.29, 1.82) is 0 Å². The molecule has 11 aromatic rings. The largest absolute Gasteiger partial charge is 0.309 e. The highest BCUT2D eigenvalue weighted by Gasteiger charge is 2.18. The quantitative estimate of drug-likeness (QED) is 0.146. The fourth-order valence-corrected chi connectivity index (χ4v) is 9.08. The van der Waals surface area contributed by atoms with E-state index in [9.17, 15) is 0 Å². The molecule has 298 valence electrons. The first-order valence-electron chi connectivity index (χ1n) is 21.4. The molecule has 0 fully saturated rings. The first-order chi connectivity index (χ1) is 31.1. The van der Waals surface area contributed by atoms with Gasteiger partial charge in [0.1, 0.15) is 0 Å². The molecule has 0 radical (unpaired) electrons. The fourth-order valence-electron chi connectivity index (χ4n) is 9.08. The molecular weight excluding hydrogens is 765 g/mol. The van der Waals surface area contributed by atoms with E-state index in [0.717, 1.165) is 84.3 Å². The molecule has 63 heavy (non-hydrogen) atoms.